The van der Waals surface area contributed by atoms with Gasteiger partial charge in [0.05, 0.1) is 3.57 Å². The highest BCUT2D eigenvalue weighted by molar-refractivity contribution is 14.1. The van der Waals surface area contributed by atoms with Gasteiger partial charge in [-0.25, -0.2) is 0 Å². The van der Waals surface area contributed by atoms with E-state index in [9.17, 15) is 9.90 Å². The molecule has 0 unspecified atom stereocenters. The van der Waals surface area contributed by atoms with Crippen LogP contribution in [0.3, 0.4) is 0 Å². The molecule has 1 radical (unpaired) electrons. The highest BCUT2D eigenvalue weighted by Gasteiger charge is 1.98. The van der Waals surface area contributed by atoms with Crippen LogP contribution in [0.1, 0.15) is 12.0 Å². The monoisotopic (exact) mass is 275 g/mol. The Labute approximate surface area is 84.7 Å². The molecule has 0 aromatic heterocycles. The minimum Gasteiger partial charge on any atom is -0.507 e. The maximum Gasteiger partial charge on any atom is 0.198 e. The largest absolute Gasteiger partial charge is 0.507 e. The standard InChI is InChI=1S/C9H8IO2/c10-8-6-7(2-1-5-11)3-4-9(8)12/h3-4,6,12H,1-2H2. The molecule has 1 N–H and O–H groups in total. The number of aromatic hydroxyl groups is 1. The lowest BCUT2D eigenvalue weighted by atomic mass is 10.1. The molecular formula is C9H8IO2. The molecule has 0 fully saturated rings. The van der Waals surface area contributed by atoms with E-state index in [0.717, 1.165) is 9.13 Å². The summed E-state index contributed by atoms with van der Waals surface area (Å²) < 4.78 is 0.816. The van der Waals surface area contributed by atoms with Gasteiger partial charge < -0.3 is 5.11 Å². The van der Waals surface area contributed by atoms with Crippen molar-refractivity contribution in [3.63, 3.8) is 0 Å². The summed E-state index contributed by atoms with van der Waals surface area (Å²) in [6.45, 7) is 0. The highest BCUT2D eigenvalue weighted by Crippen LogP contribution is 2.20. The van der Waals surface area contributed by atoms with E-state index in [1.165, 1.54) is 0 Å². The number of hydrogen-bond acceptors (Lipinski definition) is 2. The molecule has 0 aliphatic rings. The Hall–Kier alpha value is -0.580. The van der Waals surface area contributed by atoms with Crippen LogP contribution in [0.2, 0.25) is 0 Å². The minimum absolute atomic E-state index is 0.287. The fourth-order valence-electron chi connectivity index (χ4n) is 0.901. The van der Waals surface area contributed by atoms with Crippen molar-refractivity contribution in [1.82, 2.24) is 0 Å². The number of aryl methyl sites for hydroxylation is 1. The van der Waals surface area contributed by atoms with Crippen LogP contribution in [0, 0.1) is 3.57 Å². The Morgan fingerprint density at radius 1 is 1.50 bits per heavy atom. The van der Waals surface area contributed by atoms with E-state index < -0.39 is 0 Å². The van der Waals surface area contributed by atoms with Gasteiger partial charge in [-0.3, -0.25) is 4.79 Å². The third kappa shape index (κ3) is 2.48. The topological polar surface area (TPSA) is 37.3 Å². The van der Waals surface area contributed by atoms with Crippen LogP contribution in [0.15, 0.2) is 18.2 Å². The number of rotatable bonds is 3. The molecular weight excluding hydrogens is 267 g/mol. The molecule has 0 spiro atoms. The summed E-state index contributed by atoms with van der Waals surface area (Å²) in [5.41, 5.74) is 1.06. The van der Waals surface area contributed by atoms with Crippen LogP contribution in [-0.2, 0) is 11.2 Å². The zero-order valence-electron chi connectivity index (χ0n) is 6.38. The van der Waals surface area contributed by atoms with E-state index in [-0.39, 0.29) is 5.75 Å². The molecule has 2 nitrogen and oxygen atoms in total. The number of carbonyl (C=O) groups excluding carboxylic acids is 1. The van der Waals surface area contributed by atoms with Crippen molar-refractivity contribution >= 4 is 28.9 Å². The Bertz CT molecular complexity index is 284. The third-order valence-electron chi connectivity index (χ3n) is 1.53. The van der Waals surface area contributed by atoms with Gasteiger partial charge in [0.15, 0.2) is 6.29 Å². The summed E-state index contributed by atoms with van der Waals surface area (Å²) in [5, 5.41) is 9.18. The van der Waals surface area contributed by atoms with E-state index in [2.05, 4.69) is 22.6 Å². The second-order valence-corrected chi connectivity index (χ2v) is 3.59. The zero-order valence-corrected chi connectivity index (χ0v) is 8.54. The molecule has 0 saturated carbocycles. The van der Waals surface area contributed by atoms with Crippen LogP contribution in [-0.4, -0.2) is 11.4 Å². The maximum absolute atomic E-state index is 9.95. The Balaban J connectivity index is 2.75. The Kier molecular flexibility index (Phi) is 3.52. The number of benzene rings is 1. The molecule has 63 valence electrons. The fraction of sp³-hybridized carbons (Fsp3) is 0.222. The van der Waals surface area contributed by atoms with Gasteiger partial charge in [-0.05, 0) is 46.7 Å². The summed E-state index contributed by atoms with van der Waals surface area (Å²) in [4.78, 5) is 9.95. The number of phenols is 1. The maximum atomic E-state index is 9.95. The average Bonchev–Trinajstić information content (AvgIpc) is 2.07. The van der Waals surface area contributed by atoms with Gasteiger partial charge in [-0.1, -0.05) is 6.07 Å². The molecule has 3 heteroatoms. The van der Waals surface area contributed by atoms with E-state index in [4.69, 9.17) is 0 Å². The van der Waals surface area contributed by atoms with Gasteiger partial charge in [0.2, 0.25) is 0 Å². The van der Waals surface area contributed by atoms with Crippen molar-refractivity contribution in [2.75, 3.05) is 0 Å². The van der Waals surface area contributed by atoms with Gasteiger partial charge >= 0.3 is 0 Å². The van der Waals surface area contributed by atoms with Crippen LogP contribution >= 0.6 is 22.6 Å². The lowest BCUT2D eigenvalue weighted by molar-refractivity contribution is 0.471. The van der Waals surface area contributed by atoms with Crippen LogP contribution < -0.4 is 0 Å². The lowest BCUT2D eigenvalue weighted by Gasteiger charge is -2.00. The molecule has 0 atom stereocenters. The summed E-state index contributed by atoms with van der Waals surface area (Å²) >= 11 is 2.05. The molecule has 0 heterocycles. The SMILES string of the molecule is O=[C]CCc1ccc(O)c(I)c1. The van der Waals surface area contributed by atoms with Crippen molar-refractivity contribution in [3.05, 3.63) is 27.3 Å². The van der Waals surface area contributed by atoms with Crippen molar-refractivity contribution in [2.24, 2.45) is 0 Å². The normalized spacial score (nSPS) is 9.75. The molecule has 1 aromatic carbocycles. The van der Waals surface area contributed by atoms with E-state index in [1.807, 2.05) is 18.4 Å². The van der Waals surface area contributed by atoms with E-state index >= 15 is 0 Å². The molecule has 0 aliphatic heterocycles. The van der Waals surface area contributed by atoms with Gasteiger partial charge in [-0.15, -0.1) is 0 Å². The molecule has 0 aliphatic carbocycles. The molecule has 1 aromatic rings. The average molecular weight is 275 g/mol. The van der Waals surface area contributed by atoms with Crippen molar-refractivity contribution in [1.29, 1.82) is 0 Å². The number of halogens is 1. The van der Waals surface area contributed by atoms with Gasteiger partial charge in [0.25, 0.3) is 0 Å². The predicted molar refractivity (Wildman–Crippen MR) is 54.8 cm³/mol. The second kappa shape index (κ2) is 4.45. The summed E-state index contributed by atoms with van der Waals surface area (Å²) in [7, 11) is 0. The highest BCUT2D eigenvalue weighted by atomic mass is 127. The van der Waals surface area contributed by atoms with Crippen LogP contribution in [0.25, 0.3) is 0 Å². The molecule has 0 saturated heterocycles. The van der Waals surface area contributed by atoms with E-state index in [1.54, 1.807) is 6.07 Å². The van der Waals surface area contributed by atoms with Gasteiger partial charge in [-0.2, -0.15) is 0 Å². The first-order chi connectivity index (χ1) is 5.74. The smallest absolute Gasteiger partial charge is 0.198 e. The first-order valence-electron chi connectivity index (χ1n) is 3.56. The first-order valence-corrected chi connectivity index (χ1v) is 4.64. The van der Waals surface area contributed by atoms with Crippen molar-refractivity contribution in [3.8, 4) is 5.75 Å². The number of phenolic OH excluding ortho intramolecular Hbond substituents is 1. The van der Waals surface area contributed by atoms with E-state index in [0.29, 0.717) is 12.8 Å². The Morgan fingerprint density at radius 2 is 2.25 bits per heavy atom. The molecule has 0 amide bonds. The second-order valence-electron chi connectivity index (χ2n) is 2.43. The van der Waals surface area contributed by atoms with Crippen LogP contribution in [0.4, 0.5) is 0 Å². The summed E-state index contributed by atoms with van der Waals surface area (Å²) in [6.07, 6.45) is 2.95. The molecule has 1 rings (SSSR count). The first kappa shape index (κ1) is 9.51. The fourth-order valence-corrected chi connectivity index (χ4v) is 1.48. The van der Waals surface area contributed by atoms with Crippen molar-refractivity contribution in [2.45, 2.75) is 12.8 Å². The zero-order chi connectivity index (χ0) is 8.97. The Morgan fingerprint density at radius 3 is 2.83 bits per heavy atom. The molecule has 12 heavy (non-hydrogen) atoms. The summed E-state index contributed by atoms with van der Waals surface area (Å²) in [6, 6.07) is 5.32. The predicted octanol–water partition coefficient (Wildman–Crippen LogP) is 2.04. The molecule has 0 bridgehead atoms. The minimum atomic E-state index is 0.287. The quantitative estimate of drug-likeness (QED) is 0.857. The third-order valence-corrected chi connectivity index (χ3v) is 2.39. The van der Waals surface area contributed by atoms with Crippen LogP contribution in [0.5, 0.6) is 5.75 Å². The van der Waals surface area contributed by atoms with Gasteiger partial charge in [0, 0.05) is 6.42 Å². The van der Waals surface area contributed by atoms with Gasteiger partial charge in [0.1, 0.15) is 5.75 Å². The lowest BCUT2D eigenvalue weighted by Crippen LogP contribution is -1.86. The van der Waals surface area contributed by atoms with Crippen molar-refractivity contribution < 1.29 is 9.90 Å². The number of hydrogen-bond donors (Lipinski definition) is 1. The summed E-state index contributed by atoms with van der Waals surface area (Å²) in [5.74, 6) is 0.287.